The molecule has 1 unspecified atom stereocenters. The van der Waals surface area contributed by atoms with Crippen LogP contribution in [0.4, 0.5) is 5.82 Å². The number of carbonyl (C=O) groups excluding carboxylic acids is 2. The number of carbonyl (C=O) groups is 3. The normalized spacial score (nSPS) is 17.6. The Morgan fingerprint density at radius 1 is 1.15 bits per heavy atom. The summed E-state index contributed by atoms with van der Waals surface area (Å²) in [7, 11) is -1.21. The minimum Gasteiger partial charge on any atom is -0.481 e. The molecule has 3 aromatic rings. The van der Waals surface area contributed by atoms with Crippen LogP contribution in [0, 0.1) is 5.92 Å². The molecule has 12 heteroatoms. The molecule has 0 bridgehead atoms. The number of amides is 2. The number of hydrogen-bond acceptors (Lipinski definition) is 7. The second kappa shape index (κ2) is 11.0. The molecule has 0 aromatic carbocycles. The number of carboxylic acids is 1. The summed E-state index contributed by atoms with van der Waals surface area (Å²) >= 11 is 0. The summed E-state index contributed by atoms with van der Waals surface area (Å²) in [6.45, 7) is 7.95. The van der Waals surface area contributed by atoms with E-state index in [-0.39, 0.29) is 48.9 Å². The van der Waals surface area contributed by atoms with Gasteiger partial charge in [-0.3, -0.25) is 19.1 Å². The van der Waals surface area contributed by atoms with Crippen molar-refractivity contribution in [1.82, 2.24) is 24.3 Å². The Balaban J connectivity index is 1.55. The Morgan fingerprint density at radius 3 is 2.54 bits per heavy atom. The second-order valence-electron chi connectivity index (χ2n) is 11.8. The van der Waals surface area contributed by atoms with Crippen molar-refractivity contribution in [2.45, 2.75) is 83.4 Å². The number of ether oxygens (including phenoxy) is 1. The van der Waals surface area contributed by atoms with Crippen molar-refractivity contribution in [3.8, 4) is 11.3 Å². The van der Waals surface area contributed by atoms with E-state index in [0.717, 1.165) is 42.0 Å². The van der Waals surface area contributed by atoms with Gasteiger partial charge in [0.2, 0.25) is 11.8 Å². The van der Waals surface area contributed by atoms with E-state index < -0.39 is 14.0 Å². The molecular formula is C27H36N6O5Si. The van der Waals surface area contributed by atoms with Gasteiger partial charge in [-0.25, -0.2) is 14.9 Å². The Morgan fingerprint density at radius 2 is 1.87 bits per heavy atom. The van der Waals surface area contributed by atoms with E-state index in [4.69, 9.17) is 9.84 Å². The van der Waals surface area contributed by atoms with Gasteiger partial charge in [0.15, 0.2) is 5.82 Å². The lowest BCUT2D eigenvalue weighted by Gasteiger charge is -2.22. The highest BCUT2D eigenvalue weighted by molar-refractivity contribution is 6.76. The molecule has 1 atom stereocenters. The highest BCUT2D eigenvalue weighted by Crippen LogP contribution is 2.40. The van der Waals surface area contributed by atoms with E-state index >= 15 is 0 Å². The molecule has 2 aliphatic rings. The number of aliphatic carboxylic acids is 1. The summed E-state index contributed by atoms with van der Waals surface area (Å²) in [6, 6.07) is 2.57. The van der Waals surface area contributed by atoms with Crippen LogP contribution in [-0.4, -0.2) is 61.9 Å². The van der Waals surface area contributed by atoms with Gasteiger partial charge in [0, 0.05) is 45.3 Å². The van der Waals surface area contributed by atoms with Gasteiger partial charge >= 0.3 is 5.97 Å². The van der Waals surface area contributed by atoms with Crippen LogP contribution in [0.2, 0.25) is 25.7 Å². The van der Waals surface area contributed by atoms with Crippen LogP contribution in [-0.2, 0) is 25.9 Å². The molecule has 1 aliphatic carbocycles. The second-order valence-corrected chi connectivity index (χ2v) is 17.4. The summed E-state index contributed by atoms with van der Waals surface area (Å²) in [5.74, 6) is -1.18. The average Bonchev–Trinajstić information content (AvgIpc) is 3.67. The lowest BCUT2D eigenvalue weighted by Crippen LogP contribution is -2.30. The summed E-state index contributed by atoms with van der Waals surface area (Å²) in [5.41, 5.74) is 1.72. The first kappa shape index (κ1) is 27.2. The molecule has 2 fully saturated rings. The number of fused-ring (bicyclic) bond motifs is 1. The van der Waals surface area contributed by atoms with Gasteiger partial charge < -0.3 is 14.4 Å². The molecule has 0 radical (unpaired) electrons. The van der Waals surface area contributed by atoms with E-state index in [2.05, 4.69) is 29.6 Å². The van der Waals surface area contributed by atoms with Crippen LogP contribution in [0.15, 0.2) is 24.8 Å². The summed E-state index contributed by atoms with van der Waals surface area (Å²) in [5, 5.41) is 15.1. The predicted molar refractivity (Wildman–Crippen MR) is 148 cm³/mol. The lowest BCUT2D eigenvalue weighted by atomic mass is 9.95. The molecule has 2 amide bonds. The topological polar surface area (TPSA) is 132 Å². The van der Waals surface area contributed by atoms with Crippen molar-refractivity contribution in [1.29, 1.82) is 0 Å². The van der Waals surface area contributed by atoms with Gasteiger partial charge in [0.05, 0.1) is 23.7 Å². The minimum absolute atomic E-state index is 0.0859. The first-order valence-corrected chi connectivity index (χ1v) is 17.4. The van der Waals surface area contributed by atoms with Gasteiger partial charge in [-0.15, -0.1) is 0 Å². The molecule has 1 saturated heterocycles. The van der Waals surface area contributed by atoms with E-state index in [0.29, 0.717) is 30.2 Å². The van der Waals surface area contributed by atoms with Gasteiger partial charge in [0.1, 0.15) is 18.7 Å². The standard InChI is InChI=1S/C27H36N6O5Si/c1-39(2,3)13-12-38-17-31-11-10-19-25(28-16-29-26(19)31)20-15-32(21(14-24(36)37)18-6-4-5-7-18)30-27(20)33-22(34)8-9-23(33)35/h10-11,15-16,18,21H,4-9,12-14,17H2,1-3H3,(H,36,37). The van der Waals surface area contributed by atoms with Gasteiger partial charge in [-0.2, -0.15) is 5.10 Å². The molecule has 4 heterocycles. The van der Waals surface area contributed by atoms with Crippen molar-refractivity contribution in [3.05, 3.63) is 24.8 Å². The number of anilines is 1. The predicted octanol–water partition coefficient (Wildman–Crippen LogP) is 4.47. The van der Waals surface area contributed by atoms with Gasteiger partial charge in [0.25, 0.3) is 0 Å². The fourth-order valence-electron chi connectivity index (χ4n) is 5.56. The molecule has 11 nitrogen and oxygen atoms in total. The Hall–Kier alpha value is -3.38. The summed E-state index contributed by atoms with van der Waals surface area (Å²) in [6.07, 6.45) is 9.19. The molecule has 3 aromatic heterocycles. The van der Waals surface area contributed by atoms with Crippen molar-refractivity contribution in [2.75, 3.05) is 11.5 Å². The van der Waals surface area contributed by atoms with Crippen molar-refractivity contribution in [2.24, 2.45) is 5.92 Å². The van der Waals surface area contributed by atoms with Crippen LogP contribution in [0.25, 0.3) is 22.3 Å². The molecule has 39 heavy (non-hydrogen) atoms. The number of hydrogen-bond donors (Lipinski definition) is 1. The zero-order valence-corrected chi connectivity index (χ0v) is 23.8. The largest absolute Gasteiger partial charge is 0.481 e. The monoisotopic (exact) mass is 552 g/mol. The van der Waals surface area contributed by atoms with Gasteiger partial charge in [-0.1, -0.05) is 32.5 Å². The lowest BCUT2D eigenvalue weighted by molar-refractivity contribution is -0.138. The molecule has 1 saturated carbocycles. The number of rotatable bonds is 11. The van der Waals surface area contributed by atoms with Crippen molar-refractivity contribution in [3.63, 3.8) is 0 Å². The maximum atomic E-state index is 12.8. The zero-order valence-electron chi connectivity index (χ0n) is 22.8. The van der Waals surface area contributed by atoms with Crippen LogP contribution < -0.4 is 4.90 Å². The van der Waals surface area contributed by atoms with Crippen LogP contribution >= 0.6 is 0 Å². The van der Waals surface area contributed by atoms with E-state index in [1.165, 1.54) is 6.33 Å². The molecule has 1 aliphatic heterocycles. The Bertz CT molecular complexity index is 1370. The molecule has 208 valence electrons. The molecule has 0 spiro atoms. The van der Waals surface area contributed by atoms with Crippen molar-refractivity contribution < 1.29 is 24.2 Å². The number of imide groups is 1. The van der Waals surface area contributed by atoms with E-state index in [9.17, 15) is 19.5 Å². The Kier molecular flexibility index (Phi) is 7.67. The number of nitrogens with zero attached hydrogens (tertiary/aromatic N) is 6. The fraction of sp³-hybridized carbons (Fsp3) is 0.556. The third kappa shape index (κ3) is 5.81. The van der Waals surface area contributed by atoms with Crippen LogP contribution in [0.5, 0.6) is 0 Å². The SMILES string of the molecule is C[Si](C)(C)CCOCn1ccc2c(-c3cn(C(CC(=O)O)C4CCCC4)nc3N3C(=O)CCC3=O)ncnc21. The maximum Gasteiger partial charge on any atom is 0.305 e. The van der Waals surface area contributed by atoms with Crippen LogP contribution in [0.1, 0.15) is 51.0 Å². The smallest absolute Gasteiger partial charge is 0.305 e. The highest BCUT2D eigenvalue weighted by Gasteiger charge is 2.37. The quantitative estimate of drug-likeness (QED) is 0.209. The zero-order chi connectivity index (χ0) is 27.7. The highest BCUT2D eigenvalue weighted by atomic mass is 28.3. The first-order valence-electron chi connectivity index (χ1n) is 13.7. The molecule has 1 N–H and O–H groups in total. The average molecular weight is 553 g/mol. The summed E-state index contributed by atoms with van der Waals surface area (Å²) in [4.78, 5) is 47.5. The minimum atomic E-state index is -1.21. The number of carboxylic acid groups (broad SMARTS) is 1. The van der Waals surface area contributed by atoms with E-state index in [1.807, 2.05) is 16.8 Å². The number of aromatic nitrogens is 5. The van der Waals surface area contributed by atoms with Crippen LogP contribution in [0.3, 0.4) is 0 Å². The maximum absolute atomic E-state index is 12.8. The third-order valence-electron chi connectivity index (χ3n) is 7.68. The molecule has 5 rings (SSSR count). The van der Waals surface area contributed by atoms with Crippen molar-refractivity contribution >= 4 is 42.7 Å². The van der Waals surface area contributed by atoms with Gasteiger partial charge in [-0.05, 0) is 30.9 Å². The van der Waals surface area contributed by atoms with E-state index in [1.54, 1.807) is 10.9 Å². The first-order chi connectivity index (χ1) is 18.6. The fourth-order valence-corrected chi connectivity index (χ4v) is 6.31. The summed E-state index contributed by atoms with van der Waals surface area (Å²) < 4.78 is 9.50. The third-order valence-corrected chi connectivity index (χ3v) is 9.39. The molecular weight excluding hydrogens is 516 g/mol. The Labute approximate surface area is 228 Å².